The molecule has 1 atom stereocenters. The number of nitrogens with one attached hydrogen (secondary N) is 1. The third-order valence-corrected chi connectivity index (χ3v) is 3.95. The first-order valence-corrected chi connectivity index (χ1v) is 7.39. The molecule has 114 valence electrons. The Balaban J connectivity index is 1.88. The molecule has 1 aliphatic rings. The lowest BCUT2D eigenvalue weighted by molar-refractivity contribution is -0.143. The number of rotatable bonds is 4. The average Bonchev–Trinajstić information content (AvgIpc) is 2.82. The van der Waals surface area contributed by atoms with Crippen molar-refractivity contribution in [3.63, 3.8) is 0 Å². The Morgan fingerprint density at radius 2 is 2.19 bits per heavy atom. The molecule has 0 aliphatic carbocycles. The Labute approximate surface area is 129 Å². The van der Waals surface area contributed by atoms with Gasteiger partial charge >= 0.3 is 6.18 Å². The predicted molar refractivity (Wildman–Crippen MR) is 77.9 cm³/mol. The highest BCUT2D eigenvalue weighted by atomic mass is 79.9. The summed E-state index contributed by atoms with van der Waals surface area (Å²) >= 11 is 3.34. The third-order valence-electron chi connectivity index (χ3n) is 3.46. The van der Waals surface area contributed by atoms with Crippen LogP contribution < -0.4 is 5.32 Å². The van der Waals surface area contributed by atoms with E-state index in [9.17, 15) is 13.2 Å². The third kappa shape index (κ3) is 4.90. The van der Waals surface area contributed by atoms with Crippen LogP contribution in [-0.4, -0.2) is 37.3 Å². The minimum atomic E-state index is -4.14. The van der Waals surface area contributed by atoms with Crippen LogP contribution in [0.25, 0.3) is 0 Å². The summed E-state index contributed by atoms with van der Waals surface area (Å²) in [6.45, 7) is 0.626. The van der Waals surface area contributed by atoms with Gasteiger partial charge in [0.15, 0.2) is 0 Å². The van der Waals surface area contributed by atoms with Gasteiger partial charge in [0, 0.05) is 17.6 Å². The van der Waals surface area contributed by atoms with Crippen LogP contribution in [0.3, 0.4) is 0 Å². The lowest BCUT2D eigenvalue weighted by Crippen LogP contribution is -2.33. The zero-order chi connectivity index (χ0) is 15.5. The predicted octanol–water partition coefficient (Wildman–Crippen LogP) is 3.62. The van der Waals surface area contributed by atoms with E-state index in [4.69, 9.17) is 5.26 Å². The molecule has 1 fully saturated rings. The van der Waals surface area contributed by atoms with Crippen molar-refractivity contribution in [3.05, 3.63) is 28.2 Å². The number of anilines is 1. The Morgan fingerprint density at radius 3 is 2.86 bits per heavy atom. The van der Waals surface area contributed by atoms with Crippen molar-refractivity contribution in [1.82, 2.24) is 4.90 Å². The fourth-order valence-electron chi connectivity index (χ4n) is 2.49. The second kappa shape index (κ2) is 6.67. The first-order valence-electron chi connectivity index (χ1n) is 6.60. The van der Waals surface area contributed by atoms with Crippen molar-refractivity contribution < 1.29 is 13.2 Å². The van der Waals surface area contributed by atoms with Crippen molar-refractivity contribution >= 4 is 21.6 Å². The SMILES string of the molecule is N#Cc1ccc(Br)cc1NCC1CCN(CC(F)(F)F)C1. The molecular weight excluding hydrogens is 347 g/mol. The molecule has 1 aliphatic heterocycles. The van der Waals surface area contributed by atoms with Crippen LogP contribution in [0.4, 0.5) is 18.9 Å². The van der Waals surface area contributed by atoms with E-state index in [1.54, 1.807) is 18.2 Å². The maximum Gasteiger partial charge on any atom is 0.401 e. The standard InChI is InChI=1S/C14H15BrF3N3/c15-12-2-1-11(6-19)13(5-12)20-7-10-3-4-21(8-10)9-14(16,17)18/h1-2,5,10,20H,3-4,7-9H2. The van der Waals surface area contributed by atoms with Gasteiger partial charge in [-0.15, -0.1) is 0 Å². The summed E-state index contributed by atoms with van der Waals surface area (Å²) in [5.74, 6) is 0.165. The summed E-state index contributed by atoms with van der Waals surface area (Å²) in [6, 6.07) is 7.39. The summed E-state index contributed by atoms with van der Waals surface area (Å²) in [6.07, 6.45) is -3.40. The molecule has 3 nitrogen and oxygen atoms in total. The molecule has 1 aromatic rings. The first kappa shape index (κ1) is 16.1. The molecule has 1 unspecified atom stereocenters. The second-order valence-corrected chi connectivity index (χ2v) is 6.10. The first-order chi connectivity index (χ1) is 9.87. The minimum Gasteiger partial charge on any atom is -0.384 e. The van der Waals surface area contributed by atoms with Gasteiger partial charge in [-0.1, -0.05) is 15.9 Å². The van der Waals surface area contributed by atoms with Crippen LogP contribution in [0.1, 0.15) is 12.0 Å². The van der Waals surface area contributed by atoms with E-state index in [1.807, 2.05) is 0 Å². The molecule has 1 saturated heterocycles. The van der Waals surface area contributed by atoms with E-state index >= 15 is 0 Å². The molecule has 1 N–H and O–H groups in total. The van der Waals surface area contributed by atoms with Gasteiger partial charge in [0.1, 0.15) is 6.07 Å². The lowest BCUT2D eigenvalue weighted by Gasteiger charge is -2.18. The van der Waals surface area contributed by atoms with E-state index in [2.05, 4.69) is 27.3 Å². The van der Waals surface area contributed by atoms with Crippen molar-refractivity contribution in [2.45, 2.75) is 12.6 Å². The van der Waals surface area contributed by atoms with Gasteiger partial charge < -0.3 is 5.32 Å². The summed E-state index contributed by atoms with van der Waals surface area (Å²) in [5.41, 5.74) is 1.24. The molecule has 0 radical (unpaired) electrons. The van der Waals surface area contributed by atoms with Crippen molar-refractivity contribution in [3.8, 4) is 6.07 Å². The molecule has 21 heavy (non-hydrogen) atoms. The van der Waals surface area contributed by atoms with Crippen LogP contribution in [0.5, 0.6) is 0 Å². The average molecular weight is 362 g/mol. The molecule has 1 aromatic carbocycles. The van der Waals surface area contributed by atoms with E-state index in [0.29, 0.717) is 30.9 Å². The van der Waals surface area contributed by atoms with Gasteiger partial charge in [-0.05, 0) is 37.1 Å². The number of halogens is 4. The number of hydrogen-bond acceptors (Lipinski definition) is 3. The Bertz CT molecular complexity index is 539. The van der Waals surface area contributed by atoms with E-state index in [-0.39, 0.29) is 5.92 Å². The smallest absolute Gasteiger partial charge is 0.384 e. The van der Waals surface area contributed by atoms with Gasteiger partial charge in [0.25, 0.3) is 0 Å². The van der Waals surface area contributed by atoms with Gasteiger partial charge in [0.2, 0.25) is 0 Å². The normalized spacial score (nSPS) is 19.5. The van der Waals surface area contributed by atoms with E-state index in [0.717, 1.165) is 10.9 Å². The van der Waals surface area contributed by atoms with Crippen LogP contribution in [0.2, 0.25) is 0 Å². The molecular formula is C14H15BrF3N3. The second-order valence-electron chi connectivity index (χ2n) is 5.19. The van der Waals surface area contributed by atoms with Gasteiger partial charge in [0.05, 0.1) is 17.8 Å². The number of benzene rings is 1. The fraction of sp³-hybridized carbons (Fsp3) is 0.500. The lowest BCUT2D eigenvalue weighted by atomic mass is 10.1. The summed E-state index contributed by atoms with van der Waals surface area (Å²) < 4.78 is 37.8. The van der Waals surface area contributed by atoms with E-state index in [1.165, 1.54) is 4.90 Å². The van der Waals surface area contributed by atoms with Crippen molar-refractivity contribution in [2.75, 3.05) is 31.5 Å². The van der Waals surface area contributed by atoms with Crippen molar-refractivity contribution in [1.29, 1.82) is 5.26 Å². The highest BCUT2D eigenvalue weighted by Gasteiger charge is 2.34. The number of nitrogens with zero attached hydrogens (tertiary/aromatic N) is 2. The van der Waals surface area contributed by atoms with Crippen molar-refractivity contribution in [2.24, 2.45) is 5.92 Å². The monoisotopic (exact) mass is 361 g/mol. The zero-order valence-corrected chi connectivity index (χ0v) is 12.8. The van der Waals surface area contributed by atoms with Gasteiger partial charge in [-0.25, -0.2) is 0 Å². The molecule has 0 spiro atoms. The summed E-state index contributed by atoms with van der Waals surface area (Å²) in [4.78, 5) is 1.43. The summed E-state index contributed by atoms with van der Waals surface area (Å²) in [5, 5.41) is 12.2. The Morgan fingerprint density at radius 1 is 1.43 bits per heavy atom. The fourth-order valence-corrected chi connectivity index (χ4v) is 2.85. The minimum absolute atomic E-state index is 0.165. The Kier molecular flexibility index (Phi) is 5.12. The number of hydrogen-bond donors (Lipinski definition) is 1. The topological polar surface area (TPSA) is 39.1 Å². The Hall–Kier alpha value is -1.26. The molecule has 1 heterocycles. The van der Waals surface area contributed by atoms with Crippen LogP contribution in [-0.2, 0) is 0 Å². The van der Waals surface area contributed by atoms with Crippen LogP contribution >= 0.6 is 15.9 Å². The van der Waals surface area contributed by atoms with Crippen LogP contribution in [0.15, 0.2) is 22.7 Å². The molecule has 2 rings (SSSR count). The molecule has 0 amide bonds. The van der Waals surface area contributed by atoms with Crippen LogP contribution in [0, 0.1) is 17.2 Å². The highest BCUT2D eigenvalue weighted by molar-refractivity contribution is 9.10. The quantitative estimate of drug-likeness (QED) is 0.890. The number of alkyl halides is 3. The molecule has 7 heteroatoms. The number of likely N-dealkylation sites (tertiary alicyclic amines) is 1. The maximum atomic E-state index is 12.3. The molecule has 0 saturated carbocycles. The summed E-state index contributed by atoms with van der Waals surface area (Å²) in [7, 11) is 0. The zero-order valence-electron chi connectivity index (χ0n) is 11.3. The largest absolute Gasteiger partial charge is 0.401 e. The maximum absolute atomic E-state index is 12.3. The van der Waals surface area contributed by atoms with Gasteiger partial charge in [-0.3, -0.25) is 4.90 Å². The molecule has 0 aromatic heterocycles. The highest BCUT2D eigenvalue weighted by Crippen LogP contribution is 2.25. The van der Waals surface area contributed by atoms with Gasteiger partial charge in [-0.2, -0.15) is 18.4 Å². The van der Waals surface area contributed by atoms with E-state index < -0.39 is 12.7 Å². The number of nitriles is 1. The molecule has 0 bridgehead atoms.